The summed E-state index contributed by atoms with van der Waals surface area (Å²) in [5.41, 5.74) is 2.71. The Balaban J connectivity index is 1.59. The molecule has 4 rings (SSSR count). The first-order valence-electron chi connectivity index (χ1n) is 10.2. The number of hydrogen-bond donors (Lipinski definition) is 1. The predicted octanol–water partition coefficient (Wildman–Crippen LogP) is 7.81. The van der Waals surface area contributed by atoms with Gasteiger partial charge in [-0.05, 0) is 0 Å². The molecule has 4 aromatic rings. The third-order valence-corrected chi connectivity index (χ3v) is 9.40. The van der Waals surface area contributed by atoms with E-state index in [1.807, 2.05) is 36.4 Å². The monoisotopic (exact) mass is 592 g/mol. The van der Waals surface area contributed by atoms with Crippen LogP contribution in [0.5, 0.6) is 0 Å². The first-order chi connectivity index (χ1) is 16.2. The van der Waals surface area contributed by atoms with Crippen LogP contribution in [0.15, 0.2) is 72.8 Å². The zero-order valence-corrected chi connectivity index (χ0v) is 22.6. The van der Waals surface area contributed by atoms with Crippen LogP contribution in [0.1, 0.15) is 15.9 Å². The number of hydrogen-bond acceptors (Lipinski definition) is 2. The van der Waals surface area contributed by atoms with Crippen LogP contribution in [0.4, 0.5) is 0 Å². The molecular weight excluding hydrogens is 577 g/mol. The van der Waals surface area contributed by atoms with Gasteiger partial charge in [0.25, 0.3) is 0 Å². The molecule has 8 heteroatoms. The molecule has 2 unspecified atom stereocenters. The molecule has 0 amide bonds. The van der Waals surface area contributed by atoms with Gasteiger partial charge in [0.15, 0.2) is 0 Å². The topological polar surface area (TPSA) is 54.4 Å². The standard InChI is InChI=1S/C26H17AsCl4O3/c28-19-3-1-4-20(29)23(19)17-10-9-15-11-14(7-8-16(15)13-17)12-18(26(33)34)27-25(32)24-21(30)5-2-6-22(24)31/h1-11,13,18,27H,12H2,(H,33,34). The average molecular weight is 594 g/mol. The molecular formula is C26H17AsCl4O3. The number of rotatable bonds is 7. The number of halogens is 4. The SMILES string of the molecule is O=C([AsH]C(Cc1ccc2cc(-c3c(Cl)cccc3Cl)ccc2c1)C(=O)O)c1c(Cl)cccc1Cl. The quantitative estimate of drug-likeness (QED) is 0.222. The van der Waals surface area contributed by atoms with Crippen molar-refractivity contribution in [1.82, 2.24) is 0 Å². The minimum atomic E-state index is -1.57. The second-order valence-corrected chi connectivity index (χ2v) is 12.3. The van der Waals surface area contributed by atoms with Crippen molar-refractivity contribution in [3.8, 4) is 11.1 Å². The second kappa shape index (κ2) is 10.7. The molecule has 172 valence electrons. The van der Waals surface area contributed by atoms with Crippen LogP contribution in [0.2, 0.25) is 24.8 Å². The van der Waals surface area contributed by atoms with E-state index in [0.717, 1.165) is 27.5 Å². The van der Waals surface area contributed by atoms with Crippen molar-refractivity contribution in [3.63, 3.8) is 0 Å². The van der Waals surface area contributed by atoms with Crippen LogP contribution in [0, 0.1) is 0 Å². The fourth-order valence-electron chi connectivity index (χ4n) is 3.73. The number of fused-ring (bicyclic) bond motifs is 1. The summed E-state index contributed by atoms with van der Waals surface area (Å²) < 4.78 is -1.07. The number of carboxylic acid groups (broad SMARTS) is 1. The van der Waals surface area contributed by atoms with Crippen molar-refractivity contribution in [1.29, 1.82) is 0 Å². The van der Waals surface area contributed by atoms with E-state index in [2.05, 4.69) is 0 Å². The van der Waals surface area contributed by atoms with Crippen LogP contribution in [-0.4, -0.2) is 31.4 Å². The van der Waals surface area contributed by atoms with Gasteiger partial charge >= 0.3 is 224 Å². The van der Waals surface area contributed by atoms with Crippen molar-refractivity contribution < 1.29 is 14.7 Å². The molecule has 1 N–H and O–H groups in total. The Morgan fingerprint density at radius 1 is 0.765 bits per heavy atom. The zero-order chi connectivity index (χ0) is 24.4. The summed E-state index contributed by atoms with van der Waals surface area (Å²) in [7, 11) is 0. The van der Waals surface area contributed by atoms with E-state index in [-0.39, 0.29) is 26.6 Å². The maximum absolute atomic E-state index is 12.8. The molecule has 0 fully saturated rings. The van der Waals surface area contributed by atoms with Crippen molar-refractivity contribution in [2.75, 3.05) is 0 Å². The van der Waals surface area contributed by atoms with Crippen molar-refractivity contribution in [2.45, 2.75) is 11.1 Å². The van der Waals surface area contributed by atoms with Gasteiger partial charge in [0.05, 0.1) is 0 Å². The summed E-state index contributed by atoms with van der Waals surface area (Å²) in [6.07, 6.45) is 0.247. The van der Waals surface area contributed by atoms with Gasteiger partial charge in [-0.2, -0.15) is 0 Å². The van der Waals surface area contributed by atoms with Gasteiger partial charge in [0, 0.05) is 0 Å². The molecule has 0 radical (unpaired) electrons. The van der Waals surface area contributed by atoms with E-state index >= 15 is 0 Å². The molecule has 0 saturated heterocycles. The fraction of sp³-hybridized carbons (Fsp3) is 0.0769. The summed E-state index contributed by atoms with van der Waals surface area (Å²) in [4.78, 5) is 24.8. The van der Waals surface area contributed by atoms with Crippen molar-refractivity contribution >= 4 is 83.5 Å². The molecule has 0 aliphatic heterocycles. The summed E-state index contributed by atoms with van der Waals surface area (Å²) in [6, 6.07) is 21.8. The molecule has 4 aromatic carbocycles. The number of carbonyl (C=O) groups is 2. The Labute approximate surface area is 223 Å². The zero-order valence-electron chi connectivity index (χ0n) is 17.5. The third-order valence-electron chi connectivity index (χ3n) is 5.39. The van der Waals surface area contributed by atoms with Gasteiger partial charge in [-0.15, -0.1) is 0 Å². The Morgan fingerprint density at radius 3 is 1.94 bits per heavy atom. The second-order valence-electron chi connectivity index (χ2n) is 7.66. The first-order valence-corrected chi connectivity index (χ1v) is 14.0. The summed E-state index contributed by atoms with van der Waals surface area (Å²) >= 11 is 23.4. The molecule has 0 aliphatic carbocycles. The van der Waals surface area contributed by atoms with E-state index in [1.165, 1.54) is 0 Å². The van der Waals surface area contributed by atoms with Crippen LogP contribution in [-0.2, 0) is 11.2 Å². The molecule has 0 aliphatic rings. The van der Waals surface area contributed by atoms with Gasteiger partial charge in [-0.3, -0.25) is 0 Å². The molecule has 34 heavy (non-hydrogen) atoms. The molecule has 0 aromatic heterocycles. The predicted molar refractivity (Wildman–Crippen MR) is 142 cm³/mol. The summed E-state index contributed by atoms with van der Waals surface area (Å²) in [6.45, 7) is 0. The van der Waals surface area contributed by atoms with Crippen molar-refractivity contribution in [2.24, 2.45) is 0 Å². The maximum atomic E-state index is 12.8. The van der Waals surface area contributed by atoms with E-state index in [4.69, 9.17) is 46.4 Å². The van der Waals surface area contributed by atoms with E-state index < -0.39 is 26.4 Å². The molecule has 0 spiro atoms. The molecule has 0 heterocycles. The van der Waals surface area contributed by atoms with E-state index in [9.17, 15) is 14.7 Å². The Morgan fingerprint density at radius 2 is 1.32 bits per heavy atom. The molecule has 0 bridgehead atoms. The van der Waals surface area contributed by atoms with Crippen LogP contribution >= 0.6 is 46.4 Å². The van der Waals surface area contributed by atoms with Gasteiger partial charge in [0.2, 0.25) is 0 Å². The Bertz CT molecular complexity index is 1380. The number of carboxylic acids is 1. The normalized spacial score (nSPS) is 12.4. The minimum absolute atomic E-state index is 0.210. The molecule has 3 nitrogen and oxygen atoms in total. The number of benzene rings is 4. The van der Waals surface area contributed by atoms with Gasteiger partial charge < -0.3 is 0 Å². The first kappa shape index (κ1) is 25.1. The summed E-state index contributed by atoms with van der Waals surface area (Å²) in [5.74, 6) is -1.000. The Kier molecular flexibility index (Phi) is 7.92. The van der Waals surface area contributed by atoms with Crippen molar-refractivity contribution in [3.05, 3.63) is 104 Å². The molecule has 0 saturated carbocycles. The fourth-order valence-corrected chi connectivity index (χ4v) is 7.75. The van der Waals surface area contributed by atoms with Gasteiger partial charge in [-0.1, -0.05) is 0 Å². The van der Waals surface area contributed by atoms with Crippen LogP contribution in [0.25, 0.3) is 21.9 Å². The van der Waals surface area contributed by atoms with E-state index in [0.29, 0.717) is 10.0 Å². The number of aliphatic carboxylic acids is 1. The summed E-state index contributed by atoms with van der Waals surface area (Å²) in [5, 5.41) is 13.3. The van der Waals surface area contributed by atoms with E-state index in [1.54, 1.807) is 36.4 Å². The van der Waals surface area contributed by atoms with Crippen LogP contribution < -0.4 is 0 Å². The van der Waals surface area contributed by atoms with Gasteiger partial charge in [-0.25, -0.2) is 0 Å². The Hall–Kier alpha value is -2.00. The molecule has 2 atom stereocenters. The number of carbonyl (C=O) groups excluding carboxylic acids is 1. The van der Waals surface area contributed by atoms with Crippen LogP contribution in [0.3, 0.4) is 0 Å². The average Bonchev–Trinajstić information content (AvgIpc) is 2.78. The third kappa shape index (κ3) is 5.46. The van der Waals surface area contributed by atoms with Gasteiger partial charge in [0.1, 0.15) is 0 Å².